The van der Waals surface area contributed by atoms with Gasteiger partial charge in [0, 0.05) is 5.92 Å². The van der Waals surface area contributed by atoms with E-state index in [0.717, 1.165) is 11.1 Å². The van der Waals surface area contributed by atoms with E-state index in [1.807, 2.05) is 42.5 Å². The summed E-state index contributed by atoms with van der Waals surface area (Å²) in [5.41, 5.74) is 1.98. The molecule has 0 fully saturated rings. The third kappa shape index (κ3) is 3.60. The molecular weight excluding hydrogens is 408 g/mol. The summed E-state index contributed by atoms with van der Waals surface area (Å²) in [6.45, 7) is 0.394. The Morgan fingerprint density at radius 3 is 2.53 bits per heavy atom. The van der Waals surface area contributed by atoms with Crippen molar-refractivity contribution >= 4 is 16.9 Å². The normalized spacial score (nSPS) is 15.2. The van der Waals surface area contributed by atoms with Gasteiger partial charge >= 0.3 is 11.6 Å². The Morgan fingerprint density at radius 1 is 0.938 bits per heavy atom. The number of benzene rings is 3. The van der Waals surface area contributed by atoms with Gasteiger partial charge in [-0.1, -0.05) is 48.5 Å². The summed E-state index contributed by atoms with van der Waals surface area (Å²) in [4.78, 5) is 25.3. The van der Waals surface area contributed by atoms with E-state index in [-0.39, 0.29) is 12.2 Å². The van der Waals surface area contributed by atoms with Gasteiger partial charge in [0.05, 0.1) is 24.5 Å². The molecule has 32 heavy (non-hydrogen) atoms. The number of ether oxygens (including phenoxy) is 3. The maximum atomic E-state index is 12.8. The first kappa shape index (κ1) is 19.9. The lowest BCUT2D eigenvalue weighted by molar-refractivity contribution is -0.135. The lowest BCUT2D eigenvalue weighted by Gasteiger charge is -2.25. The molecule has 0 unspecified atom stereocenters. The molecule has 5 rings (SSSR count). The number of para-hydroxylation sites is 1. The van der Waals surface area contributed by atoms with Gasteiger partial charge in [0.1, 0.15) is 12.2 Å². The molecule has 1 aliphatic heterocycles. The van der Waals surface area contributed by atoms with Gasteiger partial charge in [-0.05, 0) is 35.4 Å². The first-order valence-electron chi connectivity index (χ1n) is 10.2. The van der Waals surface area contributed by atoms with Gasteiger partial charge in [-0.3, -0.25) is 4.79 Å². The van der Waals surface area contributed by atoms with Crippen molar-refractivity contribution in [3.8, 4) is 17.2 Å². The maximum absolute atomic E-state index is 12.8. The SMILES string of the molecule is COc1cc([C@@H]2CC(=O)Oc3c2c(=O)oc2ccccc32)ccc1OCc1ccccc1. The Labute approximate surface area is 184 Å². The van der Waals surface area contributed by atoms with Crippen molar-refractivity contribution in [3.05, 3.63) is 99.9 Å². The smallest absolute Gasteiger partial charge is 0.343 e. The number of esters is 1. The molecule has 0 spiro atoms. The number of methoxy groups -OCH3 is 1. The van der Waals surface area contributed by atoms with E-state index >= 15 is 0 Å². The second kappa shape index (κ2) is 8.23. The molecule has 0 N–H and O–H groups in total. The summed E-state index contributed by atoms with van der Waals surface area (Å²) in [7, 11) is 1.56. The molecule has 1 atom stereocenters. The van der Waals surface area contributed by atoms with Gasteiger partial charge in [0.25, 0.3) is 0 Å². The molecule has 160 valence electrons. The highest BCUT2D eigenvalue weighted by Gasteiger charge is 2.34. The number of hydrogen-bond acceptors (Lipinski definition) is 6. The Balaban J connectivity index is 1.53. The van der Waals surface area contributed by atoms with Gasteiger partial charge in [0.15, 0.2) is 17.2 Å². The molecule has 4 aromatic rings. The van der Waals surface area contributed by atoms with Crippen molar-refractivity contribution in [1.82, 2.24) is 0 Å². The molecule has 2 heterocycles. The summed E-state index contributed by atoms with van der Waals surface area (Å²) < 4.78 is 22.5. The molecule has 0 bridgehead atoms. The van der Waals surface area contributed by atoms with Crippen molar-refractivity contribution in [1.29, 1.82) is 0 Å². The minimum atomic E-state index is -0.514. The maximum Gasteiger partial charge on any atom is 0.343 e. The first-order chi connectivity index (χ1) is 15.6. The van der Waals surface area contributed by atoms with Crippen molar-refractivity contribution < 1.29 is 23.4 Å². The highest BCUT2D eigenvalue weighted by Crippen LogP contribution is 2.42. The van der Waals surface area contributed by atoms with Crippen molar-refractivity contribution in [2.75, 3.05) is 7.11 Å². The Hall–Kier alpha value is -4.06. The van der Waals surface area contributed by atoms with Crippen molar-refractivity contribution in [3.63, 3.8) is 0 Å². The molecule has 1 aromatic heterocycles. The number of rotatable bonds is 5. The summed E-state index contributed by atoms with van der Waals surface area (Å²) in [6.07, 6.45) is 0.0312. The molecular formula is C26H20O6. The van der Waals surface area contributed by atoms with Crippen LogP contribution in [0.3, 0.4) is 0 Å². The lowest BCUT2D eigenvalue weighted by atomic mass is 9.86. The van der Waals surface area contributed by atoms with Gasteiger partial charge in [-0.2, -0.15) is 0 Å². The number of hydrogen-bond donors (Lipinski definition) is 0. The second-order valence-corrected chi connectivity index (χ2v) is 7.54. The molecule has 0 saturated heterocycles. The zero-order valence-electron chi connectivity index (χ0n) is 17.4. The second-order valence-electron chi connectivity index (χ2n) is 7.54. The summed E-state index contributed by atoms with van der Waals surface area (Å²) in [5, 5.41) is 0.593. The van der Waals surface area contributed by atoms with Crippen LogP contribution in [0, 0.1) is 0 Å². The molecule has 0 amide bonds. The summed E-state index contributed by atoms with van der Waals surface area (Å²) in [5.74, 6) is 0.445. The summed E-state index contributed by atoms with van der Waals surface area (Å²) in [6, 6.07) is 22.3. The molecule has 3 aromatic carbocycles. The van der Waals surface area contributed by atoms with Crippen molar-refractivity contribution in [2.45, 2.75) is 18.9 Å². The average Bonchev–Trinajstić information content (AvgIpc) is 2.82. The zero-order valence-corrected chi connectivity index (χ0v) is 17.4. The van der Waals surface area contributed by atoms with E-state index in [2.05, 4.69) is 0 Å². The van der Waals surface area contributed by atoms with Gasteiger partial charge in [-0.25, -0.2) is 4.79 Å². The Kier molecular flexibility index (Phi) is 5.11. The molecule has 0 radical (unpaired) electrons. The number of carbonyl (C=O) groups is 1. The van der Waals surface area contributed by atoms with Crippen LogP contribution in [0.5, 0.6) is 17.2 Å². The molecule has 1 aliphatic rings. The predicted octanol–water partition coefficient (Wildman–Crippen LogP) is 4.82. The molecule has 6 heteroatoms. The fraction of sp³-hybridized carbons (Fsp3) is 0.154. The highest BCUT2D eigenvalue weighted by atomic mass is 16.5. The molecule has 0 aliphatic carbocycles. The predicted molar refractivity (Wildman–Crippen MR) is 118 cm³/mol. The van der Waals surface area contributed by atoms with Crippen LogP contribution in [0.2, 0.25) is 0 Å². The van der Waals surface area contributed by atoms with E-state index < -0.39 is 17.5 Å². The largest absolute Gasteiger partial charge is 0.493 e. The van der Waals surface area contributed by atoms with E-state index in [9.17, 15) is 9.59 Å². The number of fused-ring (bicyclic) bond motifs is 3. The molecule has 0 saturated carbocycles. The minimum absolute atomic E-state index is 0.0312. The highest BCUT2D eigenvalue weighted by molar-refractivity contribution is 5.90. The fourth-order valence-electron chi connectivity index (χ4n) is 4.01. The van der Waals surface area contributed by atoms with E-state index in [4.69, 9.17) is 18.6 Å². The van der Waals surface area contributed by atoms with Crippen LogP contribution in [-0.4, -0.2) is 13.1 Å². The minimum Gasteiger partial charge on any atom is -0.493 e. The first-order valence-corrected chi connectivity index (χ1v) is 10.2. The van der Waals surface area contributed by atoms with Crippen LogP contribution >= 0.6 is 0 Å². The van der Waals surface area contributed by atoms with Crippen LogP contribution in [0.25, 0.3) is 11.0 Å². The average molecular weight is 428 g/mol. The fourth-order valence-corrected chi connectivity index (χ4v) is 4.01. The van der Waals surface area contributed by atoms with Crippen LogP contribution < -0.4 is 19.8 Å². The number of carbonyl (C=O) groups excluding carboxylic acids is 1. The van der Waals surface area contributed by atoms with Gasteiger partial charge in [0.2, 0.25) is 0 Å². The standard InChI is InChI=1S/C26H20O6/c1-29-22-13-17(11-12-21(22)30-15-16-7-3-2-4-8-16)19-14-23(27)32-25-18-9-5-6-10-20(18)31-26(28)24(19)25/h2-13,19H,14-15H2,1H3/t19-/m0/s1. The summed E-state index contributed by atoms with van der Waals surface area (Å²) >= 11 is 0. The zero-order chi connectivity index (χ0) is 22.1. The van der Waals surface area contributed by atoms with E-state index in [1.54, 1.807) is 37.4 Å². The van der Waals surface area contributed by atoms with Crippen LogP contribution in [-0.2, 0) is 11.4 Å². The van der Waals surface area contributed by atoms with E-state index in [0.29, 0.717) is 34.6 Å². The van der Waals surface area contributed by atoms with Crippen LogP contribution in [0.15, 0.2) is 82.0 Å². The Morgan fingerprint density at radius 2 is 1.72 bits per heavy atom. The quantitative estimate of drug-likeness (QED) is 0.335. The monoisotopic (exact) mass is 428 g/mol. The van der Waals surface area contributed by atoms with Gasteiger partial charge in [-0.15, -0.1) is 0 Å². The lowest BCUT2D eigenvalue weighted by Crippen LogP contribution is -2.26. The third-order valence-electron chi connectivity index (χ3n) is 5.56. The van der Waals surface area contributed by atoms with Gasteiger partial charge < -0.3 is 18.6 Å². The van der Waals surface area contributed by atoms with Crippen molar-refractivity contribution in [2.24, 2.45) is 0 Å². The Bertz CT molecular complexity index is 1360. The topological polar surface area (TPSA) is 75.0 Å². The molecule has 6 nitrogen and oxygen atoms in total. The van der Waals surface area contributed by atoms with E-state index in [1.165, 1.54) is 0 Å². The van der Waals surface area contributed by atoms with Crippen LogP contribution in [0.1, 0.15) is 29.0 Å². The van der Waals surface area contributed by atoms with Crippen LogP contribution in [0.4, 0.5) is 0 Å². The third-order valence-corrected chi connectivity index (χ3v) is 5.56.